The summed E-state index contributed by atoms with van der Waals surface area (Å²) in [5.41, 5.74) is 7.52. The summed E-state index contributed by atoms with van der Waals surface area (Å²) >= 11 is 0. The highest BCUT2D eigenvalue weighted by Crippen LogP contribution is 2.31. The van der Waals surface area contributed by atoms with Crippen LogP contribution in [0.1, 0.15) is 46.8 Å². The van der Waals surface area contributed by atoms with Crippen LogP contribution >= 0.6 is 0 Å². The molecule has 1 aromatic carbocycles. The maximum absolute atomic E-state index is 4.66. The van der Waals surface area contributed by atoms with E-state index in [4.69, 9.17) is 0 Å². The van der Waals surface area contributed by atoms with E-state index in [1.54, 1.807) is 0 Å². The number of rotatable bonds is 5. The predicted molar refractivity (Wildman–Crippen MR) is 117 cm³/mol. The van der Waals surface area contributed by atoms with Crippen molar-refractivity contribution in [1.82, 2.24) is 29.9 Å². The van der Waals surface area contributed by atoms with Crippen LogP contribution < -0.4 is 5.32 Å². The number of hydrogen-bond donors (Lipinski definition) is 1. The molecular weight excluding hydrogens is 372 g/mol. The summed E-state index contributed by atoms with van der Waals surface area (Å²) in [4.78, 5) is 4.48. The van der Waals surface area contributed by atoms with E-state index >= 15 is 0 Å². The van der Waals surface area contributed by atoms with Gasteiger partial charge >= 0.3 is 0 Å². The fraction of sp³-hybridized carbons (Fsp3) is 0.292. The first-order chi connectivity index (χ1) is 14.7. The summed E-state index contributed by atoms with van der Waals surface area (Å²) < 4.78 is 3.96. The second kappa shape index (κ2) is 7.88. The van der Waals surface area contributed by atoms with Crippen LogP contribution in [0.25, 0.3) is 11.5 Å². The first kappa shape index (κ1) is 18.8. The molecule has 0 radical (unpaired) electrons. The number of benzene rings is 1. The Hall–Kier alpha value is -3.25. The summed E-state index contributed by atoms with van der Waals surface area (Å²) in [6.07, 6.45) is 11.0. The van der Waals surface area contributed by atoms with Gasteiger partial charge in [0, 0.05) is 36.7 Å². The molecule has 4 aromatic rings. The van der Waals surface area contributed by atoms with Crippen LogP contribution in [-0.4, -0.2) is 24.5 Å². The lowest BCUT2D eigenvalue weighted by Gasteiger charge is -2.25. The molecule has 0 fully saturated rings. The van der Waals surface area contributed by atoms with Gasteiger partial charge in [-0.05, 0) is 74.1 Å². The zero-order chi connectivity index (χ0) is 20.5. The number of fused-ring (bicyclic) bond motifs is 1. The molecule has 1 aliphatic rings. The fourth-order valence-electron chi connectivity index (χ4n) is 4.49. The Bertz CT molecular complexity index is 1140. The van der Waals surface area contributed by atoms with Crippen molar-refractivity contribution in [2.24, 2.45) is 0 Å². The van der Waals surface area contributed by atoms with E-state index in [9.17, 15) is 0 Å². The summed E-state index contributed by atoms with van der Waals surface area (Å²) in [6, 6.07) is 12.7. The van der Waals surface area contributed by atoms with Crippen molar-refractivity contribution in [2.45, 2.75) is 45.7 Å². The quantitative estimate of drug-likeness (QED) is 0.546. The molecule has 3 aromatic heterocycles. The van der Waals surface area contributed by atoms with E-state index in [0.717, 1.165) is 37.3 Å². The van der Waals surface area contributed by atoms with Crippen LogP contribution in [0.5, 0.6) is 0 Å². The van der Waals surface area contributed by atoms with Crippen LogP contribution in [0, 0.1) is 13.8 Å². The van der Waals surface area contributed by atoms with Crippen LogP contribution in [-0.2, 0) is 13.0 Å². The fourth-order valence-corrected chi connectivity index (χ4v) is 4.49. The van der Waals surface area contributed by atoms with Crippen molar-refractivity contribution in [3.05, 3.63) is 89.1 Å². The molecule has 6 heteroatoms. The standard InChI is InChI=1S/C24H26N6/c1-17-13-18(2)19(23(14-17)29-12-6-11-27-29)15-26-21-7-5-8-22-20(21)16-28-30(22)24-9-3-4-10-25-24/h3-4,6,9-14,16,21,26H,5,7-8,15H2,1-2H3. The Balaban J connectivity index is 1.43. The minimum absolute atomic E-state index is 0.289. The van der Waals surface area contributed by atoms with Crippen LogP contribution in [0.15, 0.2) is 61.2 Å². The van der Waals surface area contributed by atoms with Crippen molar-refractivity contribution in [3.8, 4) is 11.5 Å². The monoisotopic (exact) mass is 398 g/mol. The summed E-state index contributed by atoms with van der Waals surface area (Å²) in [5, 5.41) is 12.9. The topological polar surface area (TPSA) is 60.6 Å². The second-order valence-electron chi connectivity index (χ2n) is 8.00. The number of pyridine rings is 1. The molecular formula is C24H26N6. The summed E-state index contributed by atoms with van der Waals surface area (Å²) in [7, 11) is 0. The van der Waals surface area contributed by atoms with Gasteiger partial charge in [-0.15, -0.1) is 0 Å². The largest absolute Gasteiger partial charge is 0.306 e. The van der Waals surface area contributed by atoms with E-state index in [2.05, 4.69) is 46.5 Å². The predicted octanol–water partition coefficient (Wildman–Crippen LogP) is 4.24. The van der Waals surface area contributed by atoms with Gasteiger partial charge in [0.25, 0.3) is 0 Å². The zero-order valence-electron chi connectivity index (χ0n) is 17.4. The Labute approximate surface area is 176 Å². The van der Waals surface area contributed by atoms with Gasteiger partial charge < -0.3 is 5.32 Å². The molecule has 0 aliphatic heterocycles. The summed E-state index contributed by atoms with van der Waals surface area (Å²) in [6.45, 7) is 5.11. The molecule has 1 N–H and O–H groups in total. The van der Waals surface area contributed by atoms with Gasteiger partial charge in [0.05, 0.1) is 17.6 Å². The molecule has 1 atom stereocenters. The third-order valence-corrected chi connectivity index (χ3v) is 5.92. The van der Waals surface area contributed by atoms with Gasteiger partial charge in [0.1, 0.15) is 0 Å². The molecule has 30 heavy (non-hydrogen) atoms. The highest BCUT2D eigenvalue weighted by atomic mass is 15.3. The Kier molecular flexibility index (Phi) is 4.93. The van der Waals surface area contributed by atoms with E-state index < -0.39 is 0 Å². The van der Waals surface area contributed by atoms with Crippen molar-refractivity contribution < 1.29 is 0 Å². The van der Waals surface area contributed by atoms with Crippen LogP contribution in [0.4, 0.5) is 0 Å². The Morgan fingerprint density at radius 1 is 1.10 bits per heavy atom. The second-order valence-corrected chi connectivity index (χ2v) is 8.00. The molecule has 152 valence electrons. The molecule has 0 spiro atoms. The lowest BCUT2D eigenvalue weighted by molar-refractivity contribution is 0.453. The van der Waals surface area contributed by atoms with Crippen LogP contribution in [0.3, 0.4) is 0 Å². The maximum atomic E-state index is 4.66. The molecule has 0 amide bonds. The minimum Gasteiger partial charge on any atom is -0.306 e. The van der Waals surface area contributed by atoms with Crippen molar-refractivity contribution in [3.63, 3.8) is 0 Å². The van der Waals surface area contributed by atoms with Crippen molar-refractivity contribution >= 4 is 0 Å². The van der Waals surface area contributed by atoms with E-state index in [0.29, 0.717) is 0 Å². The van der Waals surface area contributed by atoms with Crippen LogP contribution in [0.2, 0.25) is 0 Å². The number of nitrogens with zero attached hydrogens (tertiary/aromatic N) is 5. The smallest absolute Gasteiger partial charge is 0.153 e. The lowest BCUT2D eigenvalue weighted by Crippen LogP contribution is -2.26. The van der Waals surface area contributed by atoms with E-state index in [-0.39, 0.29) is 6.04 Å². The maximum Gasteiger partial charge on any atom is 0.153 e. The average Bonchev–Trinajstić information content (AvgIpc) is 3.44. The van der Waals surface area contributed by atoms with E-state index in [1.807, 2.05) is 58.4 Å². The molecule has 0 saturated carbocycles. The average molecular weight is 399 g/mol. The molecule has 1 aliphatic carbocycles. The molecule has 1 unspecified atom stereocenters. The van der Waals surface area contributed by atoms with Gasteiger partial charge in [-0.2, -0.15) is 10.2 Å². The number of aryl methyl sites for hydroxylation is 2. The number of hydrogen-bond acceptors (Lipinski definition) is 4. The van der Waals surface area contributed by atoms with Gasteiger partial charge in [-0.3, -0.25) is 0 Å². The van der Waals surface area contributed by atoms with Gasteiger partial charge in [-0.25, -0.2) is 14.3 Å². The third-order valence-electron chi connectivity index (χ3n) is 5.92. The van der Waals surface area contributed by atoms with E-state index in [1.165, 1.54) is 27.9 Å². The molecule has 0 saturated heterocycles. The number of nitrogens with one attached hydrogen (secondary N) is 1. The minimum atomic E-state index is 0.289. The van der Waals surface area contributed by atoms with Crippen molar-refractivity contribution in [1.29, 1.82) is 0 Å². The normalized spacial score (nSPS) is 15.9. The number of aromatic nitrogens is 5. The highest BCUT2D eigenvalue weighted by Gasteiger charge is 2.25. The van der Waals surface area contributed by atoms with Gasteiger partial charge in [0.15, 0.2) is 5.82 Å². The third kappa shape index (κ3) is 3.44. The Morgan fingerprint density at radius 2 is 2.03 bits per heavy atom. The molecule has 5 rings (SSSR count). The highest BCUT2D eigenvalue weighted by molar-refractivity contribution is 5.48. The first-order valence-electron chi connectivity index (χ1n) is 10.5. The zero-order valence-corrected chi connectivity index (χ0v) is 17.4. The van der Waals surface area contributed by atoms with Gasteiger partial charge in [-0.1, -0.05) is 12.1 Å². The summed E-state index contributed by atoms with van der Waals surface area (Å²) in [5.74, 6) is 0.884. The Morgan fingerprint density at radius 3 is 2.83 bits per heavy atom. The SMILES string of the molecule is Cc1cc(C)c(CNC2CCCc3c2cnn3-c2ccccn2)c(-n2cccn2)c1. The molecule has 6 nitrogen and oxygen atoms in total. The lowest BCUT2D eigenvalue weighted by atomic mass is 9.92. The van der Waals surface area contributed by atoms with Crippen molar-refractivity contribution in [2.75, 3.05) is 0 Å². The van der Waals surface area contributed by atoms with Gasteiger partial charge in [0.2, 0.25) is 0 Å². The molecule has 3 heterocycles. The molecule has 0 bridgehead atoms. The first-order valence-corrected chi connectivity index (χ1v) is 10.5.